The van der Waals surface area contributed by atoms with E-state index in [2.05, 4.69) is 15.4 Å². The monoisotopic (exact) mass is 477 g/mol. The van der Waals surface area contributed by atoms with Crippen LogP contribution in [0.15, 0.2) is 30.3 Å². The van der Waals surface area contributed by atoms with Gasteiger partial charge in [-0.3, -0.25) is 14.4 Å². The van der Waals surface area contributed by atoms with Crippen molar-refractivity contribution < 1.29 is 28.7 Å². The van der Waals surface area contributed by atoms with Gasteiger partial charge >= 0.3 is 12.1 Å². The molecule has 1 rings (SSSR count). The molecule has 9 heteroatoms. The average Bonchev–Trinajstić information content (AvgIpc) is 2.73. The minimum atomic E-state index is -1.02. The van der Waals surface area contributed by atoms with Crippen molar-refractivity contribution in [3.8, 4) is 0 Å². The molecule has 2 atom stereocenters. The molecule has 3 amide bonds. The summed E-state index contributed by atoms with van der Waals surface area (Å²) in [6.07, 6.45) is -0.353. The van der Waals surface area contributed by atoms with E-state index in [-0.39, 0.29) is 12.5 Å². The van der Waals surface area contributed by atoms with Crippen LogP contribution in [0.3, 0.4) is 0 Å². The third-order valence-electron chi connectivity index (χ3n) is 4.78. The maximum absolute atomic E-state index is 13.8. The summed E-state index contributed by atoms with van der Waals surface area (Å²) in [5.74, 6) is -1.47. The smallest absolute Gasteiger partial charge is 0.408 e. The van der Waals surface area contributed by atoms with Crippen LogP contribution < -0.4 is 10.6 Å². The van der Waals surface area contributed by atoms with Crippen LogP contribution in [-0.2, 0) is 23.9 Å². The summed E-state index contributed by atoms with van der Waals surface area (Å²) in [5, 5.41) is 5.24. The molecule has 0 spiro atoms. The standard InChI is InChI=1S/C25H39N3O6/c1-16(2)14-19(27-24(32)34-25(5,6)7)23(31)28(17(3)4)21(18-12-10-9-11-13-18)22(30)26-15-20(29)33-8/h9-13,16-17,19,21H,14-15H2,1-8H3,(H,26,30)(H,27,32). The minimum Gasteiger partial charge on any atom is -0.468 e. The molecule has 2 unspecified atom stereocenters. The van der Waals surface area contributed by atoms with Crippen LogP contribution in [0.2, 0.25) is 0 Å². The molecule has 0 aliphatic carbocycles. The Morgan fingerprint density at radius 3 is 2.06 bits per heavy atom. The van der Waals surface area contributed by atoms with Gasteiger partial charge in [0.2, 0.25) is 11.8 Å². The van der Waals surface area contributed by atoms with E-state index in [1.54, 1.807) is 65.0 Å². The third-order valence-corrected chi connectivity index (χ3v) is 4.78. The highest BCUT2D eigenvalue weighted by atomic mass is 16.6. The van der Waals surface area contributed by atoms with Crippen LogP contribution in [0.1, 0.15) is 66.5 Å². The zero-order valence-electron chi connectivity index (χ0n) is 21.5. The first kappa shape index (κ1) is 28.9. The van der Waals surface area contributed by atoms with Crippen molar-refractivity contribution in [2.24, 2.45) is 5.92 Å². The summed E-state index contributed by atoms with van der Waals surface area (Å²) >= 11 is 0. The number of nitrogens with one attached hydrogen (secondary N) is 2. The van der Waals surface area contributed by atoms with Gasteiger partial charge in [-0.05, 0) is 52.5 Å². The molecule has 0 heterocycles. The van der Waals surface area contributed by atoms with Crippen molar-refractivity contribution in [3.63, 3.8) is 0 Å². The predicted molar refractivity (Wildman–Crippen MR) is 129 cm³/mol. The molecule has 0 fully saturated rings. The van der Waals surface area contributed by atoms with Crippen LogP contribution in [0.5, 0.6) is 0 Å². The van der Waals surface area contributed by atoms with E-state index < -0.39 is 47.6 Å². The van der Waals surface area contributed by atoms with E-state index in [1.807, 2.05) is 13.8 Å². The molecule has 0 aliphatic heterocycles. The highest BCUT2D eigenvalue weighted by Gasteiger charge is 2.38. The molecule has 0 aliphatic rings. The van der Waals surface area contributed by atoms with Gasteiger partial charge in [-0.1, -0.05) is 44.2 Å². The number of ether oxygens (including phenoxy) is 2. The predicted octanol–water partition coefficient (Wildman–Crippen LogP) is 3.19. The van der Waals surface area contributed by atoms with Crippen LogP contribution in [-0.4, -0.2) is 60.1 Å². The summed E-state index contributed by atoms with van der Waals surface area (Å²) in [7, 11) is 1.23. The number of amides is 3. The number of benzene rings is 1. The Morgan fingerprint density at radius 1 is 1.00 bits per heavy atom. The van der Waals surface area contributed by atoms with Crippen LogP contribution in [0.4, 0.5) is 4.79 Å². The SMILES string of the molecule is COC(=O)CNC(=O)C(c1ccccc1)N(C(=O)C(CC(C)C)NC(=O)OC(C)(C)C)C(C)C. The van der Waals surface area contributed by atoms with Gasteiger partial charge in [-0.2, -0.15) is 0 Å². The second kappa shape index (κ2) is 13.0. The van der Waals surface area contributed by atoms with Crippen LogP contribution >= 0.6 is 0 Å². The van der Waals surface area contributed by atoms with Gasteiger partial charge in [-0.25, -0.2) is 4.79 Å². The summed E-state index contributed by atoms with van der Waals surface area (Å²) in [4.78, 5) is 52.6. The third kappa shape index (κ3) is 9.41. The summed E-state index contributed by atoms with van der Waals surface area (Å²) in [6, 6.07) is 6.50. The fourth-order valence-electron chi connectivity index (χ4n) is 3.40. The molecule has 1 aromatic rings. The lowest BCUT2D eigenvalue weighted by molar-refractivity contribution is -0.146. The van der Waals surface area contributed by atoms with Crippen molar-refractivity contribution in [3.05, 3.63) is 35.9 Å². The highest BCUT2D eigenvalue weighted by Crippen LogP contribution is 2.26. The minimum absolute atomic E-state index is 0.0845. The Labute approximate surface area is 202 Å². The second-order valence-electron chi connectivity index (χ2n) is 9.77. The Bertz CT molecular complexity index is 833. The molecular formula is C25H39N3O6. The van der Waals surface area contributed by atoms with Gasteiger partial charge in [0.05, 0.1) is 7.11 Å². The number of nitrogens with zero attached hydrogens (tertiary/aromatic N) is 1. The molecular weight excluding hydrogens is 438 g/mol. The first-order valence-electron chi connectivity index (χ1n) is 11.5. The summed E-state index contributed by atoms with van der Waals surface area (Å²) in [5.41, 5.74) is -0.152. The van der Waals surface area contributed by atoms with Gasteiger partial charge in [0.25, 0.3) is 0 Å². The Hall–Kier alpha value is -3.10. The normalized spacial score (nSPS) is 13.1. The second-order valence-corrected chi connectivity index (χ2v) is 9.77. The molecule has 34 heavy (non-hydrogen) atoms. The van der Waals surface area contributed by atoms with Gasteiger partial charge < -0.3 is 25.0 Å². The number of carbonyl (C=O) groups is 4. The average molecular weight is 478 g/mol. The quantitative estimate of drug-likeness (QED) is 0.500. The van der Waals surface area contributed by atoms with Crippen LogP contribution in [0, 0.1) is 5.92 Å². The lowest BCUT2D eigenvalue weighted by Gasteiger charge is -2.37. The van der Waals surface area contributed by atoms with E-state index in [1.165, 1.54) is 12.0 Å². The largest absolute Gasteiger partial charge is 0.468 e. The molecule has 0 saturated heterocycles. The Morgan fingerprint density at radius 2 is 1.59 bits per heavy atom. The molecule has 0 aromatic heterocycles. The number of hydrogen-bond acceptors (Lipinski definition) is 6. The Balaban J connectivity index is 3.36. The number of hydrogen-bond donors (Lipinski definition) is 2. The van der Waals surface area contributed by atoms with E-state index in [4.69, 9.17) is 4.74 Å². The molecule has 0 saturated carbocycles. The number of carbonyl (C=O) groups excluding carboxylic acids is 4. The molecule has 9 nitrogen and oxygen atoms in total. The van der Waals surface area contributed by atoms with E-state index >= 15 is 0 Å². The Kier molecular flexibility index (Phi) is 11.0. The topological polar surface area (TPSA) is 114 Å². The zero-order valence-corrected chi connectivity index (χ0v) is 21.5. The van der Waals surface area contributed by atoms with Gasteiger partial charge in [-0.15, -0.1) is 0 Å². The van der Waals surface area contributed by atoms with Crippen molar-refractivity contribution in [2.45, 2.75) is 78.6 Å². The number of rotatable bonds is 10. The van der Waals surface area contributed by atoms with Crippen LogP contribution in [0.25, 0.3) is 0 Å². The van der Waals surface area contributed by atoms with Crippen molar-refractivity contribution in [2.75, 3.05) is 13.7 Å². The van der Waals surface area contributed by atoms with Gasteiger partial charge in [0, 0.05) is 6.04 Å². The lowest BCUT2D eigenvalue weighted by atomic mass is 9.98. The number of alkyl carbamates (subject to hydrolysis) is 1. The number of methoxy groups -OCH3 is 1. The van der Waals surface area contributed by atoms with E-state index in [9.17, 15) is 19.2 Å². The highest BCUT2D eigenvalue weighted by molar-refractivity contribution is 5.93. The maximum Gasteiger partial charge on any atom is 0.408 e. The fraction of sp³-hybridized carbons (Fsp3) is 0.600. The number of esters is 1. The van der Waals surface area contributed by atoms with Crippen molar-refractivity contribution >= 4 is 23.9 Å². The zero-order chi connectivity index (χ0) is 26.1. The van der Waals surface area contributed by atoms with Gasteiger partial charge in [0.1, 0.15) is 24.2 Å². The first-order valence-corrected chi connectivity index (χ1v) is 11.5. The molecule has 0 radical (unpaired) electrons. The summed E-state index contributed by atoms with van der Waals surface area (Å²) in [6.45, 7) is 12.4. The first-order chi connectivity index (χ1) is 15.8. The van der Waals surface area contributed by atoms with E-state index in [0.717, 1.165) is 0 Å². The maximum atomic E-state index is 13.8. The molecule has 1 aromatic carbocycles. The van der Waals surface area contributed by atoms with E-state index in [0.29, 0.717) is 12.0 Å². The molecule has 0 bridgehead atoms. The van der Waals surface area contributed by atoms with Crippen molar-refractivity contribution in [1.29, 1.82) is 0 Å². The fourth-order valence-corrected chi connectivity index (χ4v) is 3.40. The molecule has 2 N–H and O–H groups in total. The van der Waals surface area contributed by atoms with Crippen molar-refractivity contribution in [1.82, 2.24) is 15.5 Å². The van der Waals surface area contributed by atoms with Gasteiger partial charge in [0.15, 0.2) is 0 Å². The molecule has 190 valence electrons. The summed E-state index contributed by atoms with van der Waals surface area (Å²) < 4.78 is 9.97. The lowest BCUT2D eigenvalue weighted by Crippen LogP contribution is -2.55.